The van der Waals surface area contributed by atoms with E-state index < -0.39 is 0 Å². The van der Waals surface area contributed by atoms with E-state index in [2.05, 4.69) is 25.2 Å². The van der Waals surface area contributed by atoms with Gasteiger partial charge in [0.2, 0.25) is 5.91 Å². The SMILES string of the molecule is CC1CCCN(C(=O)/C=C/C2CC=CCC2)C1. The third-order valence-corrected chi connectivity index (χ3v) is 3.79. The van der Waals surface area contributed by atoms with Gasteiger partial charge in [0.1, 0.15) is 0 Å². The van der Waals surface area contributed by atoms with Gasteiger partial charge in [0, 0.05) is 13.1 Å². The predicted octanol–water partition coefficient (Wildman–Crippen LogP) is 3.16. The molecule has 0 saturated carbocycles. The average Bonchev–Trinajstić information content (AvgIpc) is 2.37. The zero-order valence-electron chi connectivity index (χ0n) is 10.8. The highest BCUT2D eigenvalue weighted by molar-refractivity contribution is 5.87. The second-order valence-corrected chi connectivity index (χ2v) is 5.44. The molecule has 1 aliphatic heterocycles. The van der Waals surface area contributed by atoms with Crippen molar-refractivity contribution in [2.24, 2.45) is 11.8 Å². The molecule has 2 aliphatic rings. The van der Waals surface area contributed by atoms with Gasteiger partial charge in [-0.15, -0.1) is 0 Å². The Labute approximate surface area is 104 Å². The zero-order valence-corrected chi connectivity index (χ0v) is 10.8. The Hall–Kier alpha value is -1.05. The minimum atomic E-state index is 0.214. The van der Waals surface area contributed by atoms with Crippen molar-refractivity contribution in [3.63, 3.8) is 0 Å². The van der Waals surface area contributed by atoms with E-state index in [4.69, 9.17) is 0 Å². The first-order chi connectivity index (χ1) is 8.25. The van der Waals surface area contributed by atoms with Gasteiger partial charge in [0.05, 0.1) is 0 Å². The topological polar surface area (TPSA) is 20.3 Å². The Kier molecular flexibility index (Phi) is 4.41. The van der Waals surface area contributed by atoms with Gasteiger partial charge in [-0.25, -0.2) is 0 Å². The molecule has 2 nitrogen and oxygen atoms in total. The average molecular weight is 233 g/mol. The number of carbonyl (C=O) groups excluding carboxylic acids is 1. The summed E-state index contributed by atoms with van der Waals surface area (Å²) in [7, 11) is 0. The largest absolute Gasteiger partial charge is 0.339 e. The van der Waals surface area contributed by atoms with Gasteiger partial charge in [-0.3, -0.25) is 4.79 Å². The summed E-state index contributed by atoms with van der Waals surface area (Å²) in [4.78, 5) is 14.0. The Morgan fingerprint density at radius 1 is 1.35 bits per heavy atom. The van der Waals surface area contributed by atoms with Crippen LogP contribution in [0.4, 0.5) is 0 Å². The van der Waals surface area contributed by atoms with Crippen molar-refractivity contribution in [3.8, 4) is 0 Å². The first-order valence-electron chi connectivity index (χ1n) is 6.88. The lowest BCUT2D eigenvalue weighted by Gasteiger charge is -2.30. The number of allylic oxidation sites excluding steroid dienone is 3. The van der Waals surface area contributed by atoms with Crippen LogP contribution in [0.3, 0.4) is 0 Å². The van der Waals surface area contributed by atoms with Crippen LogP contribution in [0.25, 0.3) is 0 Å². The van der Waals surface area contributed by atoms with Crippen LogP contribution in [0.2, 0.25) is 0 Å². The first kappa shape index (κ1) is 12.4. The molecule has 0 aromatic carbocycles. The second kappa shape index (κ2) is 6.04. The number of nitrogens with zero attached hydrogens (tertiary/aromatic N) is 1. The molecule has 0 bridgehead atoms. The standard InChI is InChI=1S/C15H23NO/c1-13-6-5-11-16(12-13)15(17)10-9-14-7-3-2-4-8-14/h2-3,9-10,13-14H,4-8,11-12H2,1H3/b10-9+. The number of hydrogen-bond donors (Lipinski definition) is 0. The maximum absolute atomic E-state index is 12.0. The maximum atomic E-state index is 12.0. The molecule has 94 valence electrons. The first-order valence-corrected chi connectivity index (χ1v) is 6.88. The van der Waals surface area contributed by atoms with Crippen molar-refractivity contribution >= 4 is 5.91 Å². The molecular weight excluding hydrogens is 210 g/mol. The van der Waals surface area contributed by atoms with Gasteiger partial charge in [-0.1, -0.05) is 25.2 Å². The van der Waals surface area contributed by atoms with Crippen molar-refractivity contribution in [2.45, 2.75) is 39.0 Å². The third-order valence-electron chi connectivity index (χ3n) is 3.79. The lowest BCUT2D eigenvalue weighted by Crippen LogP contribution is -2.38. The molecule has 2 unspecified atom stereocenters. The molecule has 2 heteroatoms. The Morgan fingerprint density at radius 3 is 2.94 bits per heavy atom. The van der Waals surface area contributed by atoms with Crippen molar-refractivity contribution in [1.29, 1.82) is 0 Å². The van der Waals surface area contributed by atoms with E-state index in [1.165, 1.54) is 12.8 Å². The Balaban J connectivity index is 1.83. The molecule has 0 spiro atoms. The van der Waals surface area contributed by atoms with Crippen LogP contribution in [0.15, 0.2) is 24.3 Å². The van der Waals surface area contributed by atoms with Crippen LogP contribution in [-0.4, -0.2) is 23.9 Å². The summed E-state index contributed by atoms with van der Waals surface area (Å²) in [5.74, 6) is 1.45. The molecule has 1 aliphatic carbocycles. The smallest absolute Gasteiger partial charge is 0.246 e. The Bertz CT molecular complexity index is 319. The van der Waals surface area contributed by atoms with Crippen LogP contribution in [0.1, 0.15) is 39.0 Å². The fourth-order valence-corrected chi connectivity index (χ4v) is 2.71. The summed E-state index contributed by atoms with van der Waals surface area (Å²) in [6.07, 6.45) is 14.3. The quantitative estimate of drug-likeness (QED) is 0.530. The molecule has 0 aromatic heterocycles. The summed E-state index contributed by atoms with van der Waals surface area (Å²) in [5.41, 5.74) is 0. The van der Waals surface area contributed by atoms with E-state index in [0.717, 1.165) is 32.4 Å². The highest BCUT2D eigenvalue weighted by Gasteiger charge is 2.19. The lowest BCUT2D eigenvalue weighted by atomic mass is 9.94. The van der Waals surface area contributed by atoms with E-state index in [1.807, 2.05) is 11.0 Å². The number of likely N-dealkylation sites (tertiary alicyclic amines) is 1. The molecule has 2 atom stereocenters. The van der Waals surface area contributed by atoms with Gasteiger partial charge >= 0.3 is 0 Å². The lowest BCUT2D eigenvalue weighted by molar-refractivity contribution is -0.127. The highest BCUT2D eigenvalue weighted by atomic mass is 16.2. The van der Waals surface area contributed by atoms with E-state index in [9.17, 15) is 4.79 Å². The fourth-order valence-electron chi connectivity index (χ4n) is 2.71. The molecule has 0 N–H and O–H groups in total. The van der Waals surface area contributed by atoms with Gasteiger partial charge in [0.15, 0.2) is 0 Å². The monoisotopic (exact) mass is 233 g/mol. The summed E-state index contributed by atoms with van der Waals surface area (Å²) in [6, 6.07) is 0. The Morgan fingerprint density at radius 2 is 2.24 bits per heavy atom. The van der Waals surface area contributed by atoms with Crippen molar-refractivity contribution in [3.05, 3.63) is 24.3 Å². The van der Waals surface area contributed by atoms with Crippen LogP contribution >= 0.6 is 0 Å². The minimum Gasteiger partial charge on any atom is -0.339 e. The van der Waals surface area contributed by atoms with Crippen molar-refractivity contribution in [2.75, 3.05) is 13.1 Å². The molecule has 17 heavy (non-hydrogen) atoms. The molecule has 0 radical (unpaired) electrons. The summed E-state index contributed by atoms with van der Waals surface area (Å²) >= 11 is 0. The molecule has 1 fully saturated rings. The van der Waals surface area contributed by atoms with E-state index >= 15 is 0 Å². The maximum Gasteiger partial charge on any atom is 0.246 e. The van der Waals surface area contributed by atoms with E-state index in [-0.39, 0.29) is 5.91 Å². The van der Waals surface area contributed by atoms with E-state index in [1.54, 1.807) is 0 Å². The summed E-state index contributed by atoms with van der Waals surface area (Å²) in [6.45, 7) is 4.11. The predicted molar refractivity (Wildman–Crippen MR) is 70.6 cm³/mol. The third kappa shape index (κ3) is 3.72. The molecule has 1 heterocycles. The fraction of sp³-hybridized carbons (Fsp3) is 0.667. The van der Waals surface area contributed by atoms with Crippen LogP contribution in [0, 0.1) is 11.8 Å². The molecule has 1 amide bonds. The van der Waals surface area contributed by atoms with Crippen LogP contribution in [0.5, 0.6) is 0 Å². The van der Waals surface area contributed by atoms with Gasteiger partial charge < -0.3 is 4.90 Å². The second-order valence-electron chi connectivity index (χ2n) is 5.44. The number of hydrogen-bond acceptors (Lipinski definition) is 1. The van der Waals surface area contributed by atoms with Crippen molar-refractivity contribution in [1.82, 2.24) is 4.90 Å². The number of carbonyl (C=O) groups is 1. The van der Waals surface area contributed by atoms with Crippen LogP contribution < -0.4 is 0 Å². The summed E-state index contributed by atoms with van der Waals surface area (Å²) in [5, 5.41) is 0. The number of amides is 1. The molecule has 2 rings (SSSR count). The van der Waals surface area contributed by atoms with E-state index in [0.29, 0.717) is 11.8 Å². The normalized spacial score (nSPS) is 29.8. The van der Waals surface area contributed by atoms with Gasteiger partial charge in [0.25, 0.3) is 0 Å². The molecule has 1 saturated heterocycles. The minimum absolute atomic E-state index is 0.214. The summed E-state index contributed by atoms with van der Waals surface area (Å²) < 4.78 is 0. The molecule has 0 aromatic rings. The highest BCUT2D eigenvalue weighted by Crippen LogP contribution is 2.20. The van der Waals surface area contributed by atoms with Crippen molar-refractivity contribution < 1.29 is 4.79 Å². The molecular formula is C15H23NO. The van der Waals surface area contributed by atoms with Gasteiger partial charge in [-0.05, 0) is 50.0 Å². The zero-order chi connectivity index (χ0) is 12.1. The number of rotatable bonds is 2. The van der Waals surface area contributed by atoms with Crippen LogP contribution in [-0.2, 0) is 4.79 Å². The number of piperidine rings is 1. The van der Waals surface area contributed by atoms with Gasteiger partial charge in [-0.2, -0.15) is 0 Å².